The van der Waals surface area contributed by atoms with E-state index in [1.807, 2.05) is 6.92 Å². The molecule has 11 heteroatoms. The van der Waals surface area contributed by atoms with Crippen LogP contribution in [-0.4, -0.2) is 64.8 Å². The van der Waals surface area contributed by atoms with Crippen molar-refractivity contribution in [2.45, 2.75) is 44.4 Å². The van der Waals surface area contributed by atoms with E-state index in [1.165, 1.54) is 6.20 Å². The molecule has 0 saturated carbocycles. The van der Waals surface area contributed by atoms with Gasteiger partial charge in [-0.3, -0.25) is 9.25 Å². The van der Waals surface area contributed by atoms with E-state index in [4.69, 9.17) is 10.5 Å². The smallest absolute Gasteiger partial charge is 0.351 e. The number of nitrogens with zero attached hydrogens (tertiary/aromatic N) is 5. The molecule has 4 atom stereocenters. The number of aromatic nitrogens is 5. The molecule has 0 radical (unpaired) electrons. The highest BCUT2D eigenvalue weighted by molar-refractivity contribution is 5.39. The number of ether oxygens (including phenoxy) is 1. The van der Waals surface area contributed by atoms with Gasteiger partial charge in [0.1, 0.15) is 24.1 Å². The quantitative estimate of drug-likeness (QED) is 0.461. The zero-order chi connectivity index (χ0) is 18.1. The van der Waals surface area contributed by atoms with Crippen LogP contribution in [0.1, 0.15) is 24.4 Å². The number of rotatable bonds is 5. The van der Waals surface area contributed by atoms with Gasteiger partial charge in [0, 0.05) is 30.9 Å². The molecule has 2 aromatic rings. The summed E-state index contributed by atoms with van der Waals surface area (Å²) in [6, 6.07) is 0. The SMILES string of the molecule is CCn1cc(Cc2cn(C3OC(CO)C(O)C3O)c(=O)nc2N)nn1. The van der Waals surface area contributed by atoms with Crippen molar-refractivity contribution < 1.29 is 20.1 Å². The minimum absolute atomic E-state index is 0.0408. The van der Waals surface area contributed by atoms with E-state index >= 15 is 0 Å². The molecule has 3 rings (SSSR count). The minimum atomic E-state index is -1.38. The van der Waals surface area contributed by atoms with Crippen molar-refractivity contribution in [3.8, 4) is 0 Å². The van der Waals surface area contributed by atoms with Crippen molar-refractivity contribution in [2.75, 3.05) is 12.3 Å². The summed E-state index contributed by atoms with van der Waals surface area (Å²) in [5, 5.41) is 37.1. The van der Waals surface area contributed by atoms with Crippen molar-refractivity contribution in [1.29, 1.82) is 0 Å². The predicted molar refractivity (Wildman–Crippen MR) is 84.4 cm³/mol. The molecule has 0 amide bonds. The van der Waals surface area contributed by atoms with Crippen LogP contribution in [0, 0.1) is 0 Å². The fourth-order valence-electron chi connectivity index (χ4n) is 2.72. The monoisotopic (exact) mass is 352 g/mol. The molecule has 0 aromatic carbocycles. The Morgan fingerprint density at radius 1 is 1.32 bits per heavy atom. The van der Waals surface area contributed by atoms with Crippen LogP contribution in [0.3, 0.4) is 0 Å². The molecule has 2 aromatic heterocycles. The van der Waals surface area contributed by atoms with Gasteiger partial charge in [-0.05, 0) is 6.92 Å². The molecule has 1 fully saturated rings. The van der Waals surface area contributed by atoms with E-state index in [0.717, 1.165) is 4.57 Å². The maximum Gasteiger partial charge on any atom is 0.351 e. The lowest BCUT2D eigenvalue weighted by Gasteiger charge is -2.18. The molecule has 4 unspecified atom stereocenters. The van der Waals surface area contributed by atoms with Gasteiger partial charge in [0.2, 0.25) is 0 Å². The second-order valence-electron chi connectivity index (χ2n) is 5.81. The van der Waals surface area contributed by atoms with E-state index in [0.29, 0.717) is 17.8 Å². The molecule has 11 nitrogen and oxygen atoms in total. The second-order valence-corrected chi connectivity index (χ2v) is 5.81. The molecule has 0 spiro atoms. The summed E-state index contributed by atoms with van der Waals surface area (Å²) in [6.07, 6.45) is -1.40. The van der Waals surface area contributed by atoms with Crippen molar-refractivity contribution >= 4 is 5.82 Å². The molecule has 0 bridgehead atoms. The Morgan fingerprint density at radius 3 is 2.68 bits per heavy atom. The molecule has 3 heterocycles. The topological polar surface area (TPSA) is 162 Å². The second kappa shape index (κ2) is 6.88. The van der Waals surface area contributed by atoms with Crippen LogP contribution in [0.25, 0.3) is 0 Å². The molecule has 0 aliphatic carbocycles. The average molecular weight is 352 g/mol. The highest BCUT2D eigenvalue weighted by atomic mass is 16.6. The van der Waals surface area contributed by atoms with Gasteiger partial charge < -0.3 is 25.8 Å². The summed E-state index contributed by atoms with van der Waals surface area (Å²) in [5.41, 5.74) is 6.23. The van der Waals surface area contributed by atoms with Gasteiger partial charge in [0.15, 0.2) is 6.23 Å². The number of aliphatic hydroxyl groups excluding tert-OH is 3. The molecular formula is C14H20N6O5. The number of anilines is 1. The third-order valence-corrected chi connectivity index (χ3v) is 4.13. The average Bonchev–Trinajstić information content (AvgIpc) is 3.16. The minimum Gasteiger partial charge on any atom is -0.394 e. The van der Waals surface area contributed by atoms with Gasteiger partial charge in [-0.1, -0.05) is 5.21 Å². The standard InChI is InChI=1S/C14H20N6O5/c1-2-19-5-8(17-18-19)3-7-4-20(14(24)16-12(7)15)13-11(23)10(22)9(6-21)25-13/h4-5,9-11,13,21-23H,2-3,6H2,1H3,(H2,15,16,24). The lowest BCUT2D eigenvalue weighted by atomic mass is 10.1. The molecule has 25 heavy (non-hydrogen) atoms. The van der Waals surface area contributed by atoms with Crippen molar-refractivity contribution in [1.82, 2.24) is 24.5 Å². The van der Waals surface area contributed by atoms with Gasteiger partial charge in [-0.25, -0.2) is 4.79 Å². The van der Waals surface area contributed by atoms with Crippen LogP contribution < -0.4 is 11.4 Å². The highest BCUT2D eigenvalue weighted by Crippen LogP contribution is 2.28. The Labute approximate surface area is 142 Å². The normalized spacial score (nSPS) is 26.2. The highest BCUT2D eigenvalue weighted by Gasteiger charge is 2.43. The van der Waals surface area contributed by atoms with Gasteiger partial charge in [0.25, 0.3) is 0 Å². The van der Waals surface area contributed by atoms with E-state index in [9.17, 15) is 20.1 Å². The first-order valence-electron chi connectivity index (χ1n) is 7.83. The number of nitrogen functional groups attached to an aromatic ring is 1. The third kappa shape index (κ3) is 3.26. The third-order valence-electron chi connectivity index (χ3n) is 4.13. The van der Waals surface area contributed by atoms with E-state index in [1.54, 1.807) is 10.9 Å². The molecule has 136 valence electrons. The van der Waals surface area contributed by atoms with Crippen LogP contribution in [0.15, 0.2) is 17.2 Å². The van der Waals surface area contributed by atoms with Crippen LogP contribution in [0.4, 0.5) is 5.82 Å². The van der Waals surface area contributed by atoms with Gasteiger partial charge in [-0.2, -0.15) is 4.98 Å². The van der Waals surface area contributed by atoms with Crippen LogP contribution in [0.2, 0.25) is 0 Å². The lowest BCUT2D eigenvalue weighted by molar-refractivity contribution is -0.0550. The molecule has 1 saturated heterocycles. The van der Waals surface area contributed by atoms with Gasteiger partial charge in [0.05, 0.1) is 12.3 Å². The zero-order valence-electron chi connectivity index (χ0n) is 13.6. The number of aliphatic hydroxyl groups is 3. The zero-order valence-corrected chi connectivity index (χ0v) is 13.6. The Balaban J connectivity index is 1.92. The Hall–Kier alpha value is -2.34. The van der Waals surface area contributed by atoms with Crippen molar-refractivity contribution in [2.24, 2.45) is 0 Å². The van der Waals surface area contributed by atoms with E-state index in [2.05, 4.69) is 15.3 Å². The Morgan fingerprint density at radius 2 is 2.08 bits per heavy atom. The number of aryl methyl sites for hydroxylation is 1. The number of hydrogen-bond donors (Lipinski definition) is 4. The largest absolute Gasteiger partial charge is 0.394 e. The van der Waals surface area contributed by atoms with Crippen LogP contribution >= 0.6 is 0 Å². The molecular weight excluding hydrogens is 332 g/mol. The summed E-state index contributed by atoms with van der Waals surface area (Å²) in [4.78, 5) is 15.9. The number of hydrogen-bond acceptors (Lipinski definition) is 9. The van der Waals surface area contributed by atoms with Gasteiger partial charge in [-0.15, -0.1) is 5.10 Å². The predicted octanol–water partition coefficient (Wildman–Crippen LogP) is -2.36. The summed E-state index contributed by atoms with van der Waals surface area (Å²) in [6.45, 7) is 2.11. The molecule has 1 aliphatic rings. The first-order chi connectivity index (χ1) is 11.9. The Bertz CT molecular complexity index is 805. The fourth-order valence-corrected chi connectivity index (χ4v) is 2.72. The van der Waals surface area contributed by atoms with E-state index in [-0.39, 0.29) is 12.2 Å². The molecule has 5 N–H and O–H groups in total. The van der Waals surface area contributed by atoms with Crippen LogP contribution in [-0.2, 0) is 17.7 Å². The molecule has 1 aliphatic heterocycles. The van der Waals surface area contributed by atoms with Crippen molar-refractivity contribution in [3.63, 3.8) is 0 Å². The summed E-state index contributed by atoms with van der Waals surface area (Å²) >= 11 is 0. The maximum absolute atomic E-state index is 12.1. The summed E-state index contributed by atoms with van der Waals surface area (Å²) < 4.78 is 8.08. The van der Waals surface area contributed by atoms with E-state index < -0.39 is 36.8 Å². The summed E-state index contributed by atoms with van der Waals surface area (Å²) in [7, 11) is 0. The Kier molecular flexibility index (Phi) is 4.81. The van der Waals surface area contributed by atoms with Crippen LogP contribution in [0.5, 0.6) is 0 Å². The van der Waals surface area contributed by atoms with Crippen molar-refractivity contribution in [3.05, 3.63) is 34.1 Å². The summed E-state index contributed by atoms with van der Waals surface area (Å²) in [5.74, 6) is 0.0408. The fraction of sp³-hybridized carbons (Fsp3) is 0.571. The number of nitrogens with two attached hydrogens (primary N) is 1. The first-order valence-corrected chi connectivity index (χ1v) is 7.83. The van der Waals surface area contributed by atoms with Gasteiger partial charge >= 0.3 is 5.69 Å². The first kappa shape index (κ1) is 17.5. The lowest BCUT2D eigenvalue weighted by Crippen LogP contribution is -2.36. The maximum atomic E-state index is 12.1.